The highest BCUT2D eigenvalue weighted by atomic mass is 79.9. The van der Waals surface area contributed by atoms with Gasteiger partial charge in [-0.3, -0.25) is 0 Å². The molecule has 0 amide bonds. The van der Waals surface area contributed by atoms with E-state index in [1.54, 1.807) is 18.5 Å². The maximum atomic E-state index is 12.1. The van der Waals surface area contributed by atoms with Crippen LogP contribution in [0, 0.1) is 0 Å². The molecule has 17 heavy (non-hydrogen) atoms. The lowest BCUT2D eigenvalue weighted by atomic mass is 9.96. The minimum atomic E-state index is -3.14. The van der Waals surface area contributed by atoms with Gasteiger partial charge < -0.3 is 4.74 Å². The molecule has 1 aliphatic carbocycles. The fraction of sp³-hybridized carbons (Fsp3) is 1.00. The molecule has 0 radical (unpaired) electrons. The molecule has 1 fully saturated rings. The first-order valence-corrected chi connectivity index (χ1v) is 8.60. The van der Waals surface area contributed by atoms with Gasteiger partial charge in [0.1, 0.15) is 0 Å². The van der Waals surface area contributed by atoms with Crippen molar-refractivity contribution in [2.75, 3.05) is 26.5 Å². The van der Waals surface area contributed by atoms with Crippen molar-refractivity contribution in [3.8, 4) is 0 Å². The Balaban J connectivity index is 2.57. The average molecular weight is 328 g/mol. The Morgan fingerprint density at radius 1 is 1.35 bits per heavy atom. The van der Waals surface area contributed by atoms with Gasteiger partial charge in [-0.25, -0.2) is 12.7 Å². The van der Waals surface area contributed by atoms with E-state index in [2.05, 4.69) is 15.9 Å². The normalized spacial score (nSPS) is 26.4. The van der Waals surface area contributed by atoms with E-state index >= 15 is 0 Å². The third-order valence-corrected chi connectivity index (χ3v) is 6.32. The summed E-state index contributed by atoms with van der Waals surface area (Å²) in [5.74, 6) is 0.174. The van der Waals surface area contributed by atoms with Crippen molar-refractivity contribution < 1.29 is 13.2 Å². The number of methoxy groups -OCH3 is 1. The predicted molar refractivity (Wildman–Crippen MR) is 73.0 cm³/mol. The Morgan fingerprint density at radius 3 is 2.59 bits per heavy atom. The van der Waals surface area contributed by atoms with Gasteiger partial charge in [-0.1, -0.05) is 28.8 Å². The Hall–Kier alpha value is 0.350. The van der Waals surface area contributed by atoms with Crippen LogP contribution in [0.5, 0.6) is 0 Å². The molecule has 0 spiro atoms. The summed E-state index contributed by atoms with van der Waals surface area (Å²) < 4.78 is 30.6. The quantitative estimate of drug-likeness (QED) is 0.553. The van der Waals surface area contributed by atoms with Crippen LogP contribution >= 0.6 is 15.9 Å². The van der Waals surface area contributed by atoms with E-state index in [1.807, 2.05) is 0 Å². The summed E-state index contributed by atoms with van der Waals surface area (Å²) in [4.78, 5) is 0.290. The molecule has 0 aromatic rings. The van der Waals surface area contributed by atoms with Crippen LogP contribution in [0.3, 0.4) is 0 Å². The first-order valence-electron chi connectivity index (χ1n) is 6.07. The van der Waals surface area contributed by atoms with Crippen molar-refractivity contribution in [3.63, 3.8) is 0 Å². The Labute approximate surface area is 113 Å². The Bertz CT molecular complexity index is 321. The summed E-state index contributed by atoms with van der Waals surface area (Å²) in [6, 6.07) is 0.108. The zero-order valence-electron chi connectivity index (χ0n) is 10.6. The summed E-state index contributed by atoms with van der Waals surface area (Å²) in [6.07, 6.45) is 4.87. The molecule has 2 atom stereocenters. The van der Waals surface area contributed by atoms with Gasteiger partial charge in [-0.05, 0) is 19.3 Å². The number of hydrogen-bond donors (Lipinski definition) is 0. The van der Waals surface area contributed by atoms with Gasteiger partial charge in [0.05, 0.1) is 5.75 Å². The zero-order valence-corrected chi connectivity index (χ0v) is 13.0. The van der Waals surface area contributed by atoms with Crippen molar-refractivity contribution in [1.29, 1.82) is 0 Å². The number of ether oxygens (including phenoxy) is 1. The fourth-order valence-electron chi connectivity index (χ4n) is 2.21. The maximum absolute atomic E-state index is 12.1. The zero-order chi connectivity index (χ0) is 12.9. The lowest BCUT2D eigenvalue weighted by Crippen LogP contribution is -2.45. The molecule has 0 aromatic carbocycles. The van der Waals surface area contributed by atoms with E-state index < -0.39 is 10.0 Å². The molecule has 0 heterocycles. The Morgan fingerprint density at radius 2 is 2.00 bits per heavy atom. The molecule has 1 rings (SSSR count). The molecule has 6 heteroatoms. The van der Waals surface area contributed by atoms with Gasteiger partial charge >= 0.3 is 0 Å². The molecular weight excluding hydrogens is 306 g/mol. The van der Waals surface area contributed by atoms with E-state index in [4.69, 9.17) is 4.74 Å². The van der Waals surface area contributed by atoms with E-state index in [1.165, 1.54) is 6.42 Å². The number of rotatable bonds is 6. The molecule has 102 valence electrons. The summed E-state index contributed by atoms with van der Waals surface area (Å²) in [6.45, 7) is 0.496. The molecular formula is C11H22BrNO3S. The van der Waals surface area contributed by atoms with Gasteiger partial charge in [0.25, 0.3) is 0 Å². The molecule has 1 saturated carbocycles. The number of alkyl halides is 1. The average Bonchev–Trinajstić information content (AvgIpc) is 2.29. The second-order valence-corrected chi connectivity index (χ2v) is 7.87. The van der Waals surface area contributed by atoms with Crippen LogP contribution < -0.4 is 0 Å². The highest BCUT2D eigenvalue weighted by Crippen LogP contribution is 2.29. The molecule has 2 unspecified atom stereocenters. The molecule has 0 N–H and O–H groups in total. The van der Waals surface area contributed by atoms with Crippen molar-refractivity contribution in [2.45, 2.75) is 43.0 Å². The van der Waals surface area contributed by atoms with Crippen LogP contribution in [0.15, 0.2) is 0 Å². The fourth-order valence-corrected chi connectivity index (χ4v) is 4.75. The lowest BCUT2D eigenvalue weighted by Gasteiger charge is -2.34. The largest absolute Gasteiger partial charge is 0.385 e. The summed E-state index contributed by atoms with van der Waals surface area (Å²) in [5, 5.41) is 0. The molecule has 0 bridgehead atoms. The van der Waals surface area contributed by atoms with Crippen LogP contribution in [0.1, 0.15) is 32.1 Å². The van der Waals surface area contributed by atoms with Gasteiger partial charge in [0.2, 0.25) is 10.0 Å². The number of nitrogens with zero attached hydrogens (tertiary/aromatic N) is 1. The van der Waals surface area contributed by atoms with E-state index in [-0.39, 0.29) is 11.8 Å². The third-order valence-electron chi connectivity index (χ3n) is 3.30. The van der Waals surface area contributed by atoms with Gasteiger partial charge in [0.15, 0.2) is 0 Å². The second-order valence-electron chi connectivity index (χ2n) is 4.55. The Kier molecular flexibility index (Phi) is 6.40. The highest BCUT2D eigenvalue weighted by Gasteiger charge is 2.32. The topological polar surface area (TPSA) is 46.6 Å². The number of halogens is 1. The molecule has 0 aromatic heterocycles. The summed E-state index contributed by atoms with van der Waals surface area (Å²) in [7, 11) is 0.148. The second kappa shape index (κ2) is 7.07. The van der Waals surface area contributed by atoms with Crippen molar-refractivity contribution in [3.05, 3.63) is 0 Å². The van der Waals surface area contributed by atoms with Crippen molar-refractivity contribution in [2.24, 2.45) is 0 Å². The van der Waals surface area contributed by atoms with Gasteiger partial charge in [0, 0.05) is 31.6 Å². The summed E-state index contributed by atoms with van der Waals surface area (Å²) >= 11 is 3.60. The van der Waals surface area contributed by atoms with Crippen molar-refractivity contribution in [1.82, 2.24) is 4.31 Å². The van der Waals surface area contributed by atoms with E-state index in [0.717, 1.165) is 19.3 Å². The first kappa shape index (κ1) is 15.4. The SMILES string of the molecule is COCCCS(=O)(=O)N(C)C1CCCCC1Br. The first-order chi connectivity index (χ1) is 7.99. The van der Waals surface area contributed by atoms with Crippen LogP contribution in [-0.2, 0) is 14.8 Å². The molecule has 4 nitrogen and oxygen atoms in total. The molecule has 1 aliphatic rings. The van der Waals surface area contributed by atoms with Crippen LogP contribution in [0.25, 0.3) is 0 Å². The van der Waals surface area contributed by atoms with Crippen molar-refractivity contribution >= 4 is 26.0 Å². The van der Waals surface area contributed by atoms with E-state index in [0.29, 0.717) is 17.9 Å². The maximum Gasteiger partial charge on any atom is 0.214 e. The lowest BCUT2D eigenvalue weighted by molar-refractivity contribution is 0.199. The highest BCUT2D eigenvalue weighted by molar-refractivity contribution is 9.09. The van der Waals surface area contributed by atoms with E-state index in [9.17, 15) is 8.42 Å². The third kappa shape index (κ3) is 4.50. The van der Waals surface area contributed by atoms with Crippen LogP contribution in [0.4, 0.5) is 0 Å². The molecule has 0 saturated heterocycles. The van der Waals surface area contributed by atoms with Gasteiger partial charge in [-0.15, -0.1) is 0 Å². The predicted octanol–water partition coefficient (Wildman–Crippen LogP) is 1.99. The smallest absolute Gasteiger partial charge is 0.214 e. The minimum absolute atomic E-state index is 0.108. The number of sulfonamides is 1. The van der Waals surface area contributed by atoms with Crippen LogP contribution in [0.2, 0.25) is 0 Å². The summed E-state index contributed by atoms with van der Waals surface area (Å²) in [5.41, 5.74) is 0. The van der Waals surface area contributed by atoms with Gasteiger partial charge in [-0.2, -0.15) is 0 Å². The minimum Gasteiger partial charge on any atom is -0.385 e. The molecule has 0 aliphatic heterocycles. The standard InChI is InChI=1S/C11H22BrNO3S/c1-13(11-7-4-3-6-10(11)12)17(14,15)9-5-8-16-2/h10-11H,3-9H2,1-2H3. The van der Waals surface area contributed by atoms with Crippen LogP contribution in [-0.4, -0.2) is 50.1 Å². The monoisotopic (exact) mass is 327 g/mol. The number of hydrogen-bond acceptors (Lipinski definition) is 3.